The molecule has 0 unspecified atom stereocenters. The van der Waals surface area contributed by atoms with Crippen LogP contribution >= 0.6 is 12.4 Å². The molecule has 0 bridgehead atoms. The fourth-order valence-electron chi connectivity index (χ4n) is 3.69. The van der Waals surface area contributed by atoms with Gasteiger partial charge in [0, 0.05) is 24.3 Å². The fourth-order valence-corrected chi connectivity index (χ4v) is 3.69. The fraction of sp³-hybridized carbons (Fsp3) is 0.500. The number of benzene rings is 1. The molecule has 1 amide bonds. The van der Waals surface area contributed by atoms with Gasteiger partial charge in [0.05, 0.1) is 17.8 Å². The SMILES string of the molecule is CNCC1CCN(C(=O)Cc2c(C)nn(-c3ccccc3)c2C)CC1.Cl. The smallest absolute Gasteiger partial charge is 0.227 e. The van der Waals surface area contributed by atoms with Crippen LogP contribution in [0.3, 0.4) is 0 Å². The van der Waals surface area contributed by atoms with Crippen molar-refractivity contribution in [2.75, 3.05) is 26.7 Å². The van der Waals surface area contributed by atoms with E-state index in [0.717, 1.165) is 55.1 Å². The Labute approximate surface area is 162 Å². The molecule has 0 radical (unpaired) electrons. The highest BCUT2D eigenvalue weighted by Crippen LogP contribution is 2.21. The molecule has 0 aliphatic carbocycles. The molecule has 0 atom stereocenters. The Morgan fingerprint density at radius 3 is 2.46 bits per heavy atom. The Hall–Kier alpha value is -1.85. The summed E-state index contributed by atoms with van der Waals surface area (Å²) >= 11 is 0. The third-order valence-corrected chi connectivity index (χ3v) is 5.23. The Morgan fingerprint density at radius 1 is 1.19 bits per heavy atom. The Bertz CT molecular complexity index is 721. The molecule has 3 rings (SSSR count). The molecule has 1 fully saturated rings. The lowest BCUT2D eigenvalue weighted by Crippen LogP contribution is -2.41. The number of carbonyl (C=O) groups is 1. The number of nitrogens with zero attached hydrogens (tertiary/aromatic N) is 3. The first-order valence-electron chi connectivity index (χ1n) is 9.13. The molecule has 2 aromatic rings. The van der Waals surface area contributed by atoms with Crippen LogP contribution < -0.4 is 5.32 Å². The molecule has 1 aliphatic heterocycles. The topological polar surface area (TPSA) is 50.2 Å². The molecule has 2 heterocycles. The number of halogens is 1. The summed E-state index contributed by atoms with van der Waals surface area (Å²) in [5.41, 5.74) is 4.10. The number of amides is 1. The number of piperidine rings is 1. The van der Waals surface area contributed by atoms with Crippen LogP contribution in [0.4, 0.5) is 0 Å². The van der Waals surface area contributed by atoms with E-state index in [2.05, 4.69) is 17.3 Å². The highest BCUT2D eigenvalue weighted by Gasteiger charge is 2.24. The van der Waals surface area contributed by atoms with E-state index in [4.69, 9.17) is 0 Å². The maximum atomic E-state index is 12.8. The first-order valence-corrected chi connectivity index (χ1v) is 9.13. The zero-order chi connectivity index (χ0) is 17.8. The van der Waals surface area contributed by atoms with Gasteiger partial charge in [-0.25, -0.2) is 4.68 Å². The first-order chi connectivity index (χ1) is 12.1. The maximum Gasteiger partial charge on any atom is 0.227 e. The molecule has 5 nitrogen and oxygen atoms in total. The Kier molecular flexibility index (Phi) is 7.23. The van der Waals surface area contributed by atoms with Crippen LogP contribution in [-0.4, -0.2) is 47.3 Å². The van der Waals surface area contributed by atoms with E-state index in [1.165, 1.54) is 0 Å². The van der Waals surface area contributed by atoms with E-state index < -0.39 is 0 Å². The highest BCUT2D eigenvalue weighted by molar-refractivity contribution is 5.85. The van der Waals surface area contributed by atoms with Crippen LogP contribution in [0.2, 0.25) is 0 Å². The van der Waals surface area contributed by atoms with Gasteiger partial charge in [-0.15, -0.1) is 12.4 Å². The van der Waals surface area contributed by atoms with E-state index in [0.29, 0.717) is 12.3 Å². The average Bonchev–Trinajstić information content (AvgIpc) is 2.91. The zero-order valence-electron chi connectivity index (χ0n) is 15.9. The van der Waals surface area contributed by atoms with Crippen LogP contribution in [-0.2, 0) is 11.2 Å². The number of hydrogen-bond acceptors (Lipinski definition) is 3. The average molecular weight is 377 g/mol. The molecule has 142 valence electrons. The molecule has 1 aliphatic rings. The van der Waals surface area contributed by atoms with Crippen molar-refractivity contribution in [1.82, 2.24) is 20.0 Å². The number of nitrogens with one attached hydrogen (secondary N) is 1. The minimum Gasteiger partial charge on any atom is -0.342 e. The summed E-state index contributed by atoms with van der Waals surface area (Å²) < 4.78 is 1.94. The van der Waals surface area contributed by atoms with Gasteiger partial charge in [-0.05, 0) is 58.3 Å². The zero-order valence-corrected chi connectivity index (χ0v) is 16.7. The van der Waals surface area contributed by atoms with Crippen molar-refractivity contribution < 1.29 is 4.79 Å². The number of hydrogen-bond donors (Lipinski definition) is 1. The Balaban J connectivity index is 0.00000243. The van der Waals surface area contributed by atoms with E-state index in [-0.39, 0.29) is 18.3 Å². The second-order valence-electron chi connectivity index (χ2n) is 6.96. The third-order valence-electron chi connectivity index (χ3n) is 5.23. The molecule has 1 aromatic heterocycles. The second-order valence-corrected chi connectivity index (χ2v) is 6.96. The van der Waals surface area contributed by atoms with Gasteiger partial charge in [0.25, 0.3) is 0 Å². The predicted octanol–water partition coefficient (Wildman–Crippen LogP) is 2.91. The van der Waals surface area contributed by atoms with E-state index >= 15 is 0 Å². The number of carbonyl (C=O) groups excluding carboxylic acids is 1. The molecule has 0 spiro atoms. The molecule has 1 N–H and O–H groups in total. The van der Waals surface area contributed by atoms with Gasteiger partial charge in [0.15, 0.2) is 0 Å². The molecule has 0 saturated carbocycles. The predicted molar refractivity (Wildman–Crippen MR) is 107 cm³/mol. The minimum atomic E-state index is 0. The van der Waals surface area contributed by atoms with Crippen molar-refractivity contribution in [1.29, 1.82) is 0 Å². The van der Waals surface area contributed by atoms with E-state index in [1.807, 2.05) is 53.9 Å². The molecule has 26 heavy (non-hydrogen) atoms. The molecule has 1 aromatic carbocycles. The summed E-state index contributed by atoms with van der Waals surface area (Å²) in [6.45, 7) is 6.83. The van der Waals surface area contributed by atoms with Crippen molar-refractivity contribution in [3.8, 4) is 5.69 Å². The summed E-state index contributed by atoms with van der Waals surface area (Å²) in [7, 11) is 1.99. The lowest BCUT2D eigenvalue weighted by atomic mass is 9.96. The molecular formula is C20H29ClN4O. The van der Waals surface area contributed by atoms with Gasteiger partial charge in [-0.3, -0.25) is 4.79 Å². The van der Waals surface area contributed by atoms with Crippen molar-refractivity contribution in [2.24, 2.45) is 5.92 Å². The van der Waals surface area contributed by atoms with Gasteiger partial charge >= 0.3 is 0 Å². The quantitative estimate of drug-likeness (QED) is 0.872. The van der Waals surface area contributed by atoms with Crippen molar-refractivity contribution in [2.45, 2.75) is 33.1 Å². The van der Waals surface area contributed by atoms with Gasteiger partial charge in [-0.2, -0.15) is 5.10 Å². The Morgan fingerprint density at radius 2 is 1.85 bits per heavy atom. The monoisotopic (exact) mass is 376 g/mol. The van der Waals surface area contributed by atoms with Crippen LogP contribution in [0.25, 0.3) is 5.69 Å². The van der Waals surface area contributed by atoms with Gasteiger partial charge in [-0.1, -0.05) is 18.2 Å². The highest BCUT2D eigenvalue weighted by atomic mass is 35.5. The number of rotatable bonds is 5. The van der Waals surface area contributed by atoms with Crippen molar-refractivity contribution in [3.63, 3.8) is 0 Å². The van der Waals surface area contributed by atoms with Crippen molar-refractivity contribution in [3.05, 3.63) is 47.3 Å². The van der Waals surface area contributed by atoms with E-state index in [1.54, 1.807) is 0 Å². The van der Waals surface area contributed by atoms with Gasteiger partial charge < -0.3 is 10.2 Å². The first kappa shape index (κ1) is 20.5. The standard InChI is InChI=1S/C20H28N4O.ClH/c1-15-19(16(2)24(22-15)18-7-5-4-6-8-18)13-20(25)23-11-9-17(10-12-23)14-21-3;/h4-8,17,21H,9-14H2,1-3H3;1H. The largest absolute Gasteiger partial charge is 0.342 e. The lowest BCUT2D eigenvalue weighted by Gasteiger charge is -2.32. The lowest BCUT2D eigenvalue weighted by molar-refractivity contribution is -0.131. The third kappa shape index (κ3) is 4.46. The number of aromatic nitrogens is 2. The summed E-state index contributed by atoms with van der Waals surface area (Å²) in [6.07, 6.45) is 2.63. The van der Waals surface area contributed by atoms with Crippen LogP contribution in [0.15, 0.2) is 30.3 Å². The molecular weight excluding hydrogens is 348 g/mol. The molecule has 1 saturated heterocycles. The summed E-state index contributed by atoms with van der Waals surface area (Å²) in [6, 6.07) is 10.1. The number of likely N-dealkylation sites (tertiary alicyclic amines) is 1. The van der Waals surface area contributed by atoms with Crippen LogP contribution in [0, 0.1) is 19.8 Å². The summed E-state index contributed by atoms with van der Waals surface area (Å²) in [5.74, 6) is 0.917. The summed E-state index contributed by atoms with van der Waals surface area (Å²) in [4.78, 5) is 14.8. The maximum absolute atomic E-state index is 12.8. The molecule has 6 heteroatoms. The second kappa shape index (κ2) is 9.19. The van der Waals surface area contributed by atoms with Gasteiger partial charge in [0.1, 0.15) is 0 Å². The van der Waals surface area contributed by atoms with E-state index in [9.17, 15) is 4.79 Å². The van der Waals surface area contributed by atoms with Crippen LogP contribution in [0.1, 0.15) is 29.8 Å². The summed E-state index contributed by atoms with van der Waals surface area (Å²) in [5, 5.41) is 7.89. The van der Waals surface area contributed by atoms with Crippen LogP contribution in [0.5, 0.6) is 0 Å². The minimum absolute atomic E-state index is 0. The number of aryl methyl sites for hydroxylation is 1. The van der Waals surface area contributed by atoms with Gasteiger partial charge in [0.2, 0.25) is 5.91 Å². The van der Waals surface area contributed by atoms with Crippen molar-refractivity contribution >= 4 is 18.3 Å². The number of para-hydroxylation sites is 1. The normalized spacial score (nSPS) is 15.0.